The van der Waals surface area contributed by atoms with Gasteiger partial charge in [0, 0.05) is 0 Å². The minimum absolute atomic E-state index is 0.488. The van der Waals surface area contributed by atoms with Gasteiger partial charge in [-0.15, -0.1) is 0 Å². The summed E-state index contributed by atoms with van der Waals surface area (Å²) in [5.41, 5.74) is 0.488. The Morgan fingerprint density at radius 1 is 1.07 bits per heavy atom. The first-order valence-electron chi connectivity index (χ1n) is 6.17. The van der Waals surface area contributed by atoms with E-state index in [4.69, 9.17) is 0 Å². The summed E-state index contributed by atoms with van der Waals surface area (Å²) in [6.07, 6.45) is 2.74. The van der Waals surface area contributed by atoms with Gasteiger partial charge >= 0.3 is 0 Å². The Labute approximate surface area is 89.7 Å². The molecular weight excluding hydrogens is 170 g/mol. The van der Waals surface area contributed by atoms with Crippen molar-refractivity contribution in [3.05, 3.63) is 0 Å². The number of hydrogen-bond acceptors (Lipinski definition) is 1. The summed E-state index contributed by atoms with van der Waals surface area (Å²) < 4.78 is 0. The van der Waals surface area contributed by atoms with Crippen LogP contribution in [0.4, 0.5) is 0 Å². The molecule has 0 saturated carbocycles. The molecular formula is C13H27N. The predicted octanol–water partition coefficient (Wildman–Crippen LogP) is 3.30. The van der Waals surface area contributed by atoms with E-state index in [0.29, 0.717) is 5.41 Å². The Morgan fingerprint density at radius 3 is 2.00 bits per heavy atom. The summed E-state index contributed by atoms with van der Waals surface area (Å²) in [7, 11) is 0. The molecule has 1 N–H and O–H groups in total. The lowest BCUT2D eigenvalue weighted by atomic mass is 9.65. The van der Waals surface area contributed by atoms with Gasteiger partial charge in [-0.05, 0) is 49.1 Å². The van der Waals surface area contributed by atoms with Crippen LogP contribution in [0.3, 0.4) is 0 Å². The van der Waals surface area contributed by atoms with Crippen LogP contribution in [-0.2, 0) is 0 Å². The van der Waals surface area contributed by atoms with Crippen LogP contribution < -0.4 is 5.32 Å². The zero-order chi connectivity index (χ0) is 10.8. The van der Waals surface area contributed by atoms with Gasteiger partial charge in [-0.1, -0.05) is 34.6 Å². The van der Waals surface area contributed by atoms with Crippen molar-refractivity contribution < 1.29 is 0 Å². The van der Waals surface area contributed by atoms with Crippen molar-refractivity contribution in [1.82, 2.24) is 5.32 Å². The molecule has 84 valence electrons. The maximum Gasteiger partial charge on any atom is -0.00462 e. The summed E-state index contributed by atoms with van der Waals surface area (Å²) >= 11 is 0. The molecule has 0 aliphatic carbocycles. The van der Waals surface area contributed by atoms with Gasteiger partial charge in [0.05, 0.1) is 0 Å². The van der Waals surface area contributed by atoms with Gasteiger partial charge in [0.2, 0.25) is 0 Å². The molecule has 1 aliphatic heterocycles. The van der Waals surface area contributed by atoms with Crippen molar-refractivity contribution in [2.45, 2.75) is 47.5 Å². The molecule has 14 heavy (non-hydrogen) atoms. The standard InChI is InChI=1S/C13H27N/c1-10(2)13(4,5)11(3)12-6-8-14-9-7-12/h10-12,14H,6-9H2,1-5H3. The van der Waals surface area contributed by atoms with Gasteiger partial charge in [-0.2, -0.15) is 0 Å². The lowest BCUT2D eigenvalue weighted by Gasteiger charge is -2.42. The molecule has 1 heteroatoms. The van der Waals surface area contributed by atoms with Crippen LogP contribution in [0.2, 0.25) is 0 Å². The van der Waals surface area contributed by atoms with Gasteiger partial charge in [-0.3, -0.25) is 0 Å². The SMILES string of the molecule is CC(C)C(C)(C)C(C)C1CCNCC1. The van der Waals surface area contributed by atoms with Gasteiger partial charge in [0.25, 0.3) is 0 Å². The average molecular weight is 197 g/mol. The highest BCUT2D eigenvalue weighted by atomic mass is 14.9. The third-order valence-electron chi connectivity index (χ3n) is 4.75. The number of rotatable bonds is 3. The summed E-state index contributed by atoms with van der Waals surface area (Å²) in [6.45, 7) is 14.5. The lowest BCUT2D eigenvalue weighted by Crippen LogP contribution is -2.38. The number of piperidine rings is 1. The molecule has 1 unspecified atom stereocenters. The van der Waals surface area contributed by atoms with Crippen molar-refractivity contribution in [2.24, 2.45) is 23.2 Å². The fourth-order valence-corrected chi connectivity index (χ4v) is 2.48. The van der Waals surface area contributed by atoms with Crippen molar-refractivity contribution in [1.29, 1.82) is 0 Å². The molecule has 0 aromatic rings. The Morgan fingerprint density at radius 2 is 1.57 bits per heavy atom. The zero-order valence-electron chi connectivity index (χ0n) is 10.6. The Hall–Kier alpha value is -0.0400. The normalized spacial score (nSPS) is 22.7. The minimum Gasteiger partial charge on any atom is -0.317 e. The van der Waals surface area contributed by atoms with E-state index in [1.165, 1.54) is 25.9 Å². The highest BCUT2D eigenvalue weighted by Crippen LogP contribution is 2.41. The fraction of sp³-hybridized carbons (Fsp3) is 1.00. The van der Waals surface area contributed by atoms with Gasteiger partial charge in [0.15, 0.2) is 0 Å². The van der Waals surface area contributed by atoms with Crippen molar-refractivity contribution >= 4 is 0 Å². The molecule has 1 aliphatic rings. The Kier molecular flexibility index (Phi) is 4.00. The first-order chi connectivity index (χ1) is 6.46. The molecule has 0 radical (unpaired) electrons. The van der Waals surface area contributed by atoms with E-state index in [1.807, 2.05) is 0 Å². The largest absolute Gasteiger partial charge is 0.317 e. The maximum absolute atomic E-state index is 3.45. The monoisotopic (exact) mass is 197 g/mol. The third kappa shape index (κ3) is 2.50. The quantitative estimate of drug-likeness (QED) is 0.732. The maximum atomic E-state index is 3.45. The fourth-order valence-electron chi connectivity index (χ4n) is 2.48. The number of nitrogens with one attached hydrogen (secondary N) is 1. The van der Waals surface area contributed by atoms with Gasteiger partial charge in [-0.25, -0.2) is 0 Å². The summed E-state index contributed by atoms with van der Waals surface area (Å²) in [5.74, 6) is 2.57. The molecule has 0 aromatic carbocycles. The van der Waals surface area contributed by atoms with Crippen LogP contribution in [0.25, 0.3) is 0 Å². The van der Waals surface area contributed by atoms with Crippen molar-refractivity contribution in [3.63, 3.8) is 0 Å². The molecule has 0 bridgehead atoms. The lowest BCUT2D eigenvalue weighted by molar-refractivity contribution is 0.0825. The zero-order valence-corrected chi connectivity index (χ0v) is 10.6. The van der Waals surface area contributed by atoms with E-state index >= 15 is 0 Å². The molecule has 0 spiro atoms. The van der Waals surface area contributed by atoms with Crippen LogP contribution >= 0.6 is 0 Å². The second-order valence-corrected chi connectivity index (χ2v) is 5.85. The molecule has 0 amide bonds. The van der Waals surface area contributed by atoms with Crippen LogP contribution in [0.15, 0.2) is 0 Å². The van der Waals surface area contributed by atoms with Crippen LogP contribution in [-0.4, -0.2) is 13.1 Å². The van der Waals surface area contributed by atoms with E-state index in [2.05, 4.69) is 39.9 Å². The summed E-state index contributed by atoms with van der Waals surface area (Å²) in [5, 5.41) is 3.45. The number of hydrogen-bond donors (Lipinski definition) is 1. The summed E-state index contributed by atoms with van der Waals surface area (Å²) in [4.78, 5) is 0. The van der Waals surface area contributed by atoms with Crippen molar-refractivity contribution in [2.75, 3.05) is 13.1 Å². The molecule has 1 atom stereocenters. The highest BCUT2D eigenvalue weighted by molar-refractivity contribution is 4.85. The second-order valence-electron chi connectivity index (χ2n) is 5.85. The topological polar surface area (TPSA) is 12.0 Å². The summed E-state index contributed by atoms with van der Waals surface area (Å²) in [6, 6.07) is 0. The molecule has 1 nitrogen and oxygen atoms in total. The average Bonchev–Trinajstić information content (AvgIpc) is 2.17. The Bertz CT molecular complexity index is 166. The molecule has 1 saturated heterocycles. The van der Waals surface area contributed by atoms with E-state index < -0.39 is 0 Å². The predicted molar refractivity (Wildman–Crippen MR) is 63.4 cm³/mol. The second kappa shape index (κ2) is 4.65. The van der Waals surface area contributed by atoms with Crippen LogP contribution in [0.1, 0.15) is 47.5 Å². The molecule has 1 fully saturated rings. The van der Waals surface area contributed by atoms with Gasteiger partial charge in [0.1, 0.15) is 0 Å². The smallest absolute Gasteiger partial charge is 0.00462 e. The van der Waals surface area contributed by atoms with E-state index in [-0.39, 0.29) is 0 Å². The van der Waals surface area contributed by atoms with Crippen molar-refractivity contribution in [3.8, 4) is 0 Å². The van der Waals surface area contributed by atoms with Crippen LogP contribution in [0.5, 0.6) is 0 Å². The minimum atomic E-state index is 0.488. The first-order valence-corrected chi connectivity index (χ1v) is 6.17. The Balaban J connectivity index is 2.57. The van der Waals surface area contributed by atoms with E-state index in [0.717, 1.165) is 17.8 Å². The van der Waals surface area contributed by atoms with Gasteiger partial charge < -0.3 is 5.32 Å². The third-order valence-corrected chi connectivity index (χ3v) is 4.75. The molecule has 1 rings (SSSR count). The van der Waals surface area contributed by atoms with Crippen LogP contribution in [0, 0.1) is 23.2 Å². The van der Waals surface area contributed by atoms with E-state index in [9.17, 15) is 0 Å². The highest BCUT2D eigenvalue weighted by Gasteiger charge is 2.34. The van der Waals surface area contributed by atoms with E-state index in [1.54, 1.807) is 0 Å². The molecule has 1 heterocycles. The first kappa shape index (κ1) is 12.0. The molecule has 0 aromatic heterocycles.